The molecule has 4 aromatic rings. The number of nitrogens with zero attached hydrogens (tertiary/aromatic N) is 2. The highest BCUT2D eigenvalue weighted by Gasteiger charge is 2.42. The monoisotopic (exact) mass is 473 g/mol. The van der Waals surface area contributed by atoms with Crippen molar-refractivity contribution >= 4 is 23.0 Å². The van der Waals surface area contributed by atoms with Crippen LogP contribution in [-0.2, 0) is 0 Å². The summed E-state index contributed by atoms with van der Waals surface area (Å²) in [4.78, 5) is 6.53. The molecule has 1 saturated heterocycles. The highest BCUT2D eigenvalue weighted by atomic mass is 32.1. The quantitative estimate of drug-likeness (QED) is 0.329. The number of pyridine rings is 1. The van der Waals surface area contributed by atoms with E-state index in [0.29, 0.717) is 17.3 Å². The Hall–Kier alpha value is -3.71. The van der Waals surface area contributed by atoms with Crippen LogP contribution in [0.3, 0.4) is 0 Å². The largest absolute Gasteiger partial charge is 0.494 e. The van der Waals surface area contributed by atoms with Crippen molar-refractivity contribution in [1.29, 1.82) is 0 Å². The molecule has 5 nitrogen and oxygen atoms in total. The zero-order chi connectivity index (χ0) is 23.7. The molecule has 0 saturated carbocycles. The van der Waals surface area contributed by atoms with E-state index in [9.17, 15) is 4.39 Å². The highest BCUT2D eigenvalue weighted by molar-refractivity contribution is 7.80. The maximum atomic E-state index is 14.0. The highest BCUT2D eigenvalue weighted by Crippen LogP contribution is 2.43. The first-order chi connectivity index (χ1) is 16.5. The van der Waals surface area contributed by atoms with Crippen LogP contribution in [0, 0.1) is 12.7 Å². The van der Waals surface area contributed by atoms with Crippen LogP contribution >= 0.6 is 12.2 Å². The Kier molecular flexibility index (Phi) is 6.02. The third kappa shape index (κ3) is 4.15. The number of aromatic nitrogens is 1. The first-order valence-corrected chi connectivity index (χ1v) is 11.6. The van der Waals surface area contributed by atoms with Gasteiger partial charge in [-0.15, -0.1) is 0 Å². The molecule has 1 N–H and O–H groups in total. The van der Waals surface area contributed by atoms with E-state index in [1.807, 2.05) is 66.4 Å². The van der Waals surface area contributed by atoms with Crippen molar-refractivity contribution in [2.75, 3.05) is 11.5 Å². The van der Waals surface area contributed by atoms with Gasteiger partial charge in [-0.05, 0) is 98.4 Å². The number of hydrogen-bond acceptors (Lipinski definition) is 4. The predicted molar refractivity (Wildman–Crippen MR) is 134 cm³/mol. The normalized spacial score (nSPS) is 17.6. The number of ether oxygens (including phenoxy) is 1. The number of nitrogens with one attached hydrogen (secondary N) is 1. The average Bonchev–Trinajstić information content (AvgIpc) is 3.47. The van der Waals surface area contributed by atoms with Gasteiger partial charge in [-0.3, -0.25) is 4.98 Å². The van der Waals surface area contributed by atoms with Crippen molar-refractivity contribution in [3.63, 3.8) is 0 Å². The fraction of sp³-hybridized carbons (Fsp3) is 0.185. The Morgan fingerprint density at radius 3 is 2.62 bits per heavy atom. The Morgan fingerprint density at radius 1 is 1.09 bits per heavy atom. The Morgan fingerprint density at radius 2 is 1.91 bits per heavy atom. The number of furan rings is 1. The molecule has 7 heteroatoms. The summed E-state index contributed by atoms with van der Waals surface area (Å²) in [6, 6.07) is 22.0. The van der Waals surface area contributed by atoms with Crippen LogP contribution in [0.2, 0.25) is 0 Å². The fourth-order valence-corrected chi connectivity index (χ4v) is 4.60. The number of hydrogen-bond donors (Lipinski definition) is 1. The molecule has 0 unspecified atom stereocenters. The molecular weight excluding hydrogens is 449 g/mol. The summed E-state index contributed by atoms with van der Waals surface area (Å²) in [6.07, 6.45) is 1.76. The topological polar surface area (TPSA) is 50.5 Å². The number of rotatable bonds is 6. The van der Waals surface area contributed by atoms with Crippen molar-refractivity contribution in [3.05, 3.63) is 102 Å². The van der Waals surface area contributed by atoms with Crippen LogP contribution in [-0.4, -0.2) is 16.7 Å². The second kappa shape index (κ2) is 9.27. The van der Waals surface area contributed by atoms with Gasteiger partial charge >= 0.3 is 0 Å². The van der Waals surface area contributed by atoms with Gasteiger partial charge in [0.25, 0.3) is 0 Å². The average molecular weight is 474 g/mol. The lowest BCUT2D eigenvalue weighted by molar-refractivity contribution is 0.340. The molecule has 2 aromatic heterocycles. The summed E-state index contributed by atoms with van der Waals surface area (Å²) in [5.41, 5.74) is 3.13. The van der Waals surface area contributed by atoms with Crippen LogP contribution in [0.5, 0.6) is 5.75 Å². The molecular formula is C27H24FN3O2S. The minimum absolute atomic E-state index is 0.238. The first-order valence-electron chi connectivity index (χ1n) is 11.1. The molecule has 0 amide bonds. The van der Waals surface area contributed by atoms with Gasteiger partial charge in [0, 0.05) is 17.4 Å². The molecule has 0 spiro atoms. The zero-order valence-corrected chi connectivity index (χ0v) is 19.7. The Balaban J connectivity index is 1.55. The van der Waals surface area contributed by atoms with Crippen LogP contribution in [0.4, 0.5) is 10.1 Å². The smallest absolute Gasteiger partial charge is 0.174 e. The van der Waals surface area contributed by atoms with E-state index < -0.39 is 0 Å². The van der Waals surface area contributed by atoms with Crippen molar-refractivity contribution in [2.45, 2.75) is 25.9 Å². The molecule has 34 heavy (non-hydrogen) atoms. The number of anilines is 1. The molecule has 0 aliphatic carbocycles. The van der Waals surface area contributed by atoms with Gasteiger partial charge in [-0.25, -0.2) is 4.39 Å². The molecule has 1 aliphatic rings. The summed E-state index contributed by atoms with van der Waals surface area (Å²) in [6.45, 7) is 4.32. The molecule has 1 fully saturated rings. The Bertz CT molecular complexity index is 1310. The zero-order valence-electron chi connectivity index (χ0n) is 18.9. The van der Waals surface area contributed by atoms with Crippen molar-refractivity contribution < 1.29 is 13.5 Å². The Labute approximate surface area is 203 Å². The predicted octanol–water partition coefficient (Wildman–Crippen LogP) is 6.36. The number of benzene rings is 2. The van der Waals surface area contributed by atoms with Gasteiger partial charge in [-0.2, -0.15) is 0 Å². The second-order valence-corrected chi connectivity index (χ2v) is 8.48. The van der Waals surface area contributed by atoms with Crippen LogP contribution in [0.15, 0.2) is 83.4 Å². The van der Waals surface area contributed by atoms with Crippen LogP contribution in [0.1, 0.15) is 36.0 Å². The van der Waals surface area contributed by atoms with Crippen molar-refractivity contribution in [2.24, 2.45) is 0 Å². The number of thiocarbonyl (C=S) groups is 1. The molecule has 0 radical (unpaired) electrons. The fourth-order valence-electron chi connectivity index (χ4n) is 4.25. The third-order valence-electron chi connectivity index (χ3n) is 5.89. The maximum Gasteiger partial charge on any atom is 0.174 e. The molecule has 5 rings (SSSR count). The van der Waals surface area contributed by atoms with E-state index >= 15 is 0 Å². The molecule has 3 heterocycles. The summed E-state index contributed by atoms with van der Waals surface area (Å²) >= 11 is 5.73. The lowest BCUT2D eigenvalue weighted by Gasteiger charge is -2.26. The second-order valence-electron chi connectivity index (χ2n) is 8.09. The summed E-state index contributed by atoms with van der Waals surface area (Å²) < 4.78 is 25.9. The van der Waals surface area contributed by atoms with Crippen LogP contribution in [0.25, 0.3) is 11.3 Å². The summed E-state index contributed by atoms with van der Waals surface area (Å²) in [5.74, 6) is 2.03. The van der Waals surface area contributed by atoms with Gasteiger partial charge in [-0.1, -0.05) is 6.07 Å². The molecule has 1 aliphatic heterocycles. The van der Waals surface area contributed by atoms with Crippen molar-refractivity contribution in [3.8, 4) is 17.1 Å². The van der Waals surface area contributed by atoms with Crippen molar-refractivity contribution in [1.82, 2.24) is 10.3 Å². The van der Waals surface area contributed by atoms with E-state index in [0.717, 1.165) is 34.2 Å². The lowest BCUT2D eigenvalue weighted by atomic mass is 10.0. The summed E-state index contributed by atoms with van der Waals surface area (Å²) in [7, 11) is 0. The van der Waals surface area contributed by atoms with Gasteiger partial charge < -0.3 is 19.4 Å². The van der Waals surface area contributed by atoms with E-state index in [1.54, 1.807) is 25.3 Å². The van der Waals surface area contributed by atoms with Crippen LogP contribution < -0.4 is 15.0 Å². The minimum atomic E-state index is -0.302. The van der Waals surface area contributed by atoms with Gasteiger partial charge in [0.2, 0.25) is 0 Å². The third-order valence-corrected chi connectivity index (χ3v) is 6.20. The standard InChI is InChI=1S/C27H24FN3O2S/c1-3-32-20-10-7-18(8-11-20)23-13-14-24(33-23)26-25(22-6-4-5-15-29-22)30-27(34)31(26)19-9-12-21(28)17(2)16-19/h4-16,25-26H,3H2,1-2H3,(H,30,34)/t25-,26-/m0/s1. The molecule has 2 atom stereocenters. The SMILES string of the molecule is CCOc1ccc(-c2ccc([C@H]3[C@H](c4ccccn4)NC(=S)N3c3ccc(F)c(C)c3)o2)cc1. The summed E-state index contributed by atoms with van der Waals surface area (Å²) in [5, 5.41) is 3.93. The lowest BCUT2D eigenvalue weighted by Crippen LogP contribution is -2.29. The molecule has 172 valence electrons. The van der Waals surface area contributed by atoms with E-state index in [-0.39, 0.29) is 17.9 Å². The van der Waals surface area contributed by atoms with E-state index in [2.05, 4.69) is 10.3 Å². The number of aryl methyl sites for hydroxylation is 1. The maximum absolute atomic E-state index is 14.0. The molecule has 2 aromatic carbocycles. The van der Waals surface area contributed by atoms with Gasteiger partial charge in [0.15, 0.2) is 5.11 Å². The van der Waals surface area contributed by atoms with Gasteiger partial charge in [0.1, 0.15) is 29.1 Å². The number of halogens is 1. The molecule has 0 bridgehead atoms. The van der Waals surface area contributed by atoms with E-state index in [4.69, 9.17) is 21.4 Å². The first kappa shape index (κ1) is 22.1. The minimum Gasteiger partial charge on any atom is -0.494 e. The van der Waals surface area contributed by atoms with E-state index in [1.165, 1.54) is 6.07 Å². The van der Waals surface area contributed by atoms with Gasteiger partial charge in [0.05, 0.1) is 18.3 Å².